The predicted octanol–water partition coefficient (Wildman–Crippen LogP) is -0.744. The third kappa shape index (κ3) is 3.69. The molecule has 3 heteroatoms. The van der Waals surface area contributed by atoms with Gasteiger partial charge in [-0.1, -0.05) is 0 Å². The fraction of sp³-hybridized carbons (Fsp3) is 0.500. The molecule has 0 spiro atoms. The van der Waals surface area contributed by atoms with Crippen molar-refractivity contribution in [3.63, 3.8) is 0 Å². The quantitative estimate of drug-likeness (QED) is 0.319. The Labute approximate surface area is 31.8 Å². The average molecular weight is 69.9 g/mol. The normalized spacial score (nSPS) is 9.20. The van der Waals surface area contributed by atoms with Gasteiger partial charge in [-0.05, 0) is 6.11 Å². The second kappa shape index (κ2) is 3.69. The van der Waals surface area contributed by atoms with Crippen molar-refractivity contribution in [3.8, 4) is 0 Å². The van der Waals surface area contributed by atoms with Gasteiger partial charge in [0.1, 0.15) is 0 Å². The molecule has 5 heavy (non-hydrogen) atoms. The van der Waals surface area contributed by atoms with Crippen molar-refractivity contribution < 1.29 is 5.02 Å². The summed E-state index contributed by atoms with van der Waals surface area (Å²) < 4.78 is 0. The van der Waals surface area contributed by atoms with Crippen LogP contribution in [0.15, 0.2) is 4.99 Å². The molecule has 0 bridgehead atoms. The van der Waals surface area contributed by atoms with Crippen LogP contribution in [0, 0.1) is 0 Å². The van der Waals surface area contributed by atoms with Crippen LogP contribution in [0.1, 0.15) is 0 Å². The molecular formula is C2H5BNO. The lowest BCUT2D eigenvalue weighted by Crippen LogP contribution is -1.85. The van der Waals surface area contributed by atoms with Crippen LogP contribution in [0.25, 0.3) is 0 Å². The van der Waals surface area contributed by atoms with Gasteiger partial charge in [-0.3, -0.25) is 0 Å². The van der Waals surface area contributed by atoms with E-state index >= 15 is 0 Å². The zero-order chi connectivity index (χ0) is 4.12. The van der Waals surface area contributed by atoms with Gasteiger partial charge in [0.05, 0.1) is 0 Å². The fourth-order valence-corrected chi connectivity index (χ4v) is 0.0667. The minimum atomic E-state index is 0.889. The van der Waals surface area contributed by atoms with Gasteiger partial charge >= 0.3 is 7.48 Å². The highest BCUT2D eigenvalue weighted by Gasteiger charge is 1.62. The van der Waals surface area contributed by atoms with Crippen molar-refractivity contribution in [3.05, 3.63) is 0 Å². The molecule has 0 aliphatic carbocycles. The van der Waals surface area contributed by atoms with Crippen molar-refractivity contribution in [2.24, 2.45) is 4.99 Å². The van der Waals surface area contributed by atoms with Gasteiger partial charge < -0.3 is 10.0 Å². The molecule has 0 saturated heterocycles. The summed E-state index contributed by atoms with van der Waals surface area (Å²) in [5.41, 5.74) is 0. The van der Waals surface area contributed by atoms with Gasteiger partial charge in [0.15, 0.2) is 0 Å². The zero-order valence-electron chi connectivity index (χ0n) is 3.05. The summed E-state index contributed by atoms with van der Waals surface area (Å²) in [6.45, 7) is 0. The van der Waals surface area contributed by atoms with Crippen LogP contribution in [-0.4, -0.2) is 25.7 Å². The summed E-state index contributed by atoms with van der Waals surface area (Å²) >= 11 is 0. The number of aliphatic imine (C=N–C) groups is 1. The largest absolute Gasteiger partial charge is 0.449 e. The topological polar surface area (TPSA) is 32.6 Å². The van der Waals surface area contributed by atoms with Gasteiger partial charge in [-0.15, -0.1) is 0 Å². The molecule has 27 valence electrons. The summed E-state index contributed by atoms with van der Waals surface area (Å²) in [5.74, 6) is 0. The van der Waals surface area contributed by atoms with Crippen molar-refractivity contribution in [2.45, 2.75) is 0 Å². The Bertz CT molecular complexity index is 36.6. The van der Waals surface area contributed by atoms with Crippen LogP contribution in [0.3, 0.4) is 0 Å². The average Bonchev–Trinajstić information content (AvgIpc) is 1.41. The monoisotopic (exact) mass is 70.0 g/mol. The van der Waals surface area contributed by atoms with Crippen LogP contribution >= 0.6 is 0 Å². The molecule has 0 aliphatic rings. The van der Waals surface area contributed by atoms with E-state index in [-0.39, 0.29) is 0 Å². The first kappa shape index (κ1) is 4.69. The maximum atomic E-state index is 7.79. The molecule has 0 aliphatic heterocycles. The molecule has 1 N–H and O–H groups in total. The molecule has 0 aromatic carbocycles. The Morgan fingerprint density at radius 3 is 2.60 bits per heavy atom. The van der Waals surface area contributed by atoms with Gasteiger partial charge in [0.2, 0.25) is 0 Å². The Kier molecular flexibility index (Phi) is 3.47. The molecule has 0 atom stereocenters. The van der Waals surface area contributed by atoms with E-state index in [0.29, 0.717) is 0 Å². The summed E-state index contributed by atoms with van der Waals surface area (Å²) in [6, 6.07) is 0. The lowest BCUT2D eigenvalue weighted by Gasteiger charge is -1.62. The lowest BCUT2D eigenvalue weighted by molar-refractivity contribution is 0.619. The lowest BCUT2D eigenvalue weighted by atomic mass is 10.1. The van der Waals surface area contributed by atoms with Gasteiger partial charge in [0.25, 0.3) is 0 Å². The molecule has 0 fully saturated rings. The van der Waals surface area contributed by atoms with Crippen LogP contribution in [0.4, 0.5) is 0 Å². The third-order valence-electron chi connectivity index (χ3n) is 0.216. The first-order valence-electron chi connectivity index (χ1n) is 1.30. The number of nitrogens with zero attached hydrogens (tertiary/aromatic N) is 1. The van der Waals surface area contributed by atoms with Crippen LogP contribution in [-0.2, 0) is 0 Å². The summed E-state index contributed by atoms with van der Waals surface area (Å²) in [7, 11) is 2.48. The molecule has 1 radical (unpaired) electrons. The molecule has 0 rings (SSSR count). The van der Waals surface area contributed by atoms with Crippen LogP contribution < -0.4 is 0 Å². The van der Waals surface area contributed by atoms with E-state index < -0.39 is 0 Å². The number of hydrogen-bond acceptors (Lipinski definition) is 2. The highest BCUT2D eigenvalue weighted by molar-refractivity contribution is 6.61. The second-order valence-corrected chi connectivity index (χ2v) is 0.556. The molecule has 0 heterocycles. The third-order valence-corrected chi connectivity index (χ3v) is 0.216. The molecular weight excluding hydrogens is 64.8 g/mol. The number of rotatable bonds is 1. The minimum absolute atomic E-state index is 0.889. The fourth-order valence-electron chi connectivity index (χ4n) is 0.0667. The zero-order valence-corrected chi connectivity index (χ0v) is 3.05. The van der Waals surface area contributed by atoms with E-state index in [1.54, 1.807) is 7.05 Å². The van der Waals surface area contributed by atoms with Gasteiger partial charge in [-0.25, -0.2) is 0 Å². The van der Waals surface area contributed by atoms with E-state index in [2.05, 4.69) is 4.99 Å². The van der Waals surface area contributed by atoms with E-state index in [1.165, 1.54) is 6.11 Å². The smallest absolute Gasteiger partial charge is 0.338 e. The Balaban J connectivity index is 2.62. The standard InChI is InChI=1S/C2H5BNO/c1-4-2-3-5/h2,5H,1H3. The summed E-state index contributed by atoms with van der Waals surface area (Å²) in [6.07, 6.45) is 1.31. The Hall–Kier alpha value is -0.305. The minimum Gasteiger partial charge on any atom is -0.449 e. The van der Waals surface area contributed by atoms with Gasteiger partial charge in [-0.2, -0.15) is 0 Å². The van der Waals surface area contributed by atoms with Crippen molar-refractivity contribution in [1.29, 1.82) is 0 Å². The maximum Gasteiger partial charge on any atom is 0.338 e. The molecule has 0 aromatic heterocycles. The maximum absolute atomic E-state index is 7.79. The SMILES string of the molecule is CN=C[B]O. The van der Waals surface area contributed by atoms with E-state index in [1.807, 2.05) is 0 Å². The Morgan fingerprint density at radius 1 is 2.00 bits per heavy atom. The van der Waals surface area contributed by atoms with Gasteiger partial charge in [0, 0.05) is 7.05 Å². The van der Waals surface area contributed by atoms with Crippen molar-refractivity contribution in [1.82, 2.24) is 0 Å². The first-order chi connectivity index (χ1) is 2.41. The van der Waals surface area contributed by atoms with Crippen LogP contribution in [0.2, 0.25) is 0 Å². The van der Waals surface area contributed by atoms with E-state index in [9.17, 15) is 0 Å². The van der Waals surface area contributed by atoms with E-state index in [4.69, 9.17) is 5.02 Å². The molecule has 0 aromatic rings. The molecule has 2 nitrogen and oxygen atoms in total. The van der Waals surface area contributed by atoms with Crippen molar-refractivity contribution >= 4 is 13.6 Å². The highest BCUT2D eigenvalue weighted by atomic mass is 16.2. The first-order valence-corrected chi connectivity index (χ1v) is 1.30. The highest BCUT2D eigenvalue weighted by Crippen LogP contribution is 1.40. The Morgan fingerprint density at radius 2 is 2.60 bits per heavy atom. The van der Waals surface area contributed by atoms with E-state index in [0.717, 1.165) is 7.48 Å². The summed E-state index contributed by atoms with van der Waals surface area (Å²) in [5, 5.41) is 7.79. The number of hydrogen-bond donors (Lipinski definition) is 1. The summed E-state index contributed by atoms with van der Waals surface area (Å²) in [4.78, 5) is 3.42. The van der Waals surface area contributed by atoms with Crippen LogP contribution in [0.5, 0.6) is 0 Å². The molecule has 0 saturated carbocycles. The molecule has 0 amide bonds. The van der Waals surface area contributed by atoms with Crippen molar-refractivity contribution in [2.75, 3.05) is 7.05 Å². The molecule has 0 unspecified atom stereocenters. The predicted molar refractivity (Wildman–Crippen MR) is 22.4 cm³/mol. The second-order valence-electron chi connectivity index (χ2n) is 0.556.